The van der Waals surface area contributed by atoms with E-state index in [2.05, 4.69) is 5.32 Å². The van der Waals surface area contributed by atoms with Crippen LogP contribution in [-0.4, -0.2) is 6.54 Å². The number of hydrogen-bond donors (Lipinski definition) is 1. The Hall–Kier alpha value is -1.02. The van der Waals surface area contributed by atoms with Crippen LogP contribution in [0.3, 0.4) is 0 Å². The van der Waals surface area contributed by atoms with Crippen molar-refractivity contribution in [2.24, 2.45) is 0 Å². The summed E-state index contributed by atoms with van der Waals surface area (Å²) < 4.78 is 13.2. The van der Waals surface area contributed by atoms with Gasteiger partial charge in [-0.2, -0.15) is 0 Å². The topological polar surface area (TPSA) is 12.0 Å². The van der Waals surface area contributed by atoms with Gasteiger partial charge in [0.2, 0.25) is 0 Å². The van der Waals surface area contributed by atoms with Crippen molar-refractivity contribution in [1.29, 1.82) is 0 Å². The Bertz CT molecular complexity index is 310. The minimum atomic E-state index is -0.233. The van der Waals surface area contributed by atoms with E-state index in [1.165, 1.54) is 11.6 Å². The normalized spacial score (nSPS) is 10.7. The summed E-state index contributed by atoms with van der Waals surface area (Å²) in [7, 11) is 0. The third-order valence-corrected chi connectivity index (χ3v) is 1.80. The number of anilines is 1. The number of rotatable bonds is 3. The summed E-state index contributed by atoms with van der Waals surface area (Å²) in [6.07, 6.45) is 1.71. The molecule has 0 atom stereocenters. The van der Waals surface area contributed by atoms with Crippen molar-refractivity contribution in [2.45, 2.75) is 6.92 Å². The molecule has 0 saturated carbocycles. The van der Waals surface area contributed by atoms with Crippen LogP contribution in [0.15, 0.2) is 29.8 Å². The van der Waals surface area contributed by atoms with Crippen LogP contribution in [0.1, 0.15) is 5.56 Å². The molecule has 70 valence electrons. The number of aryl methyl sites for hydroxylation is 1. The lowest BCUT2D eigenvalue weighted by atomic mass is 10.2. The van der Waals surface area contributed by atoms with Crippen molar-refractivity contribution in [2.75, 3.05) is 11.9 Å². The van der Waals surface area contributed by atoms with Crippen LogP contribution in [0, 0.1) is 12.7 Å². The first kappa shape index (κ1) is 10.1. The van der Waals surface area contributed by atoms with Gasteiger partial charge in [0.05, 0.1) is 5.69 Å². The standard InChI is InChI=1S/C10H11ClFN/c1-8-3-4-10(9(12)7-8)13-6-2-5-11/h2-5,7,13H,6H2,1H3/b5-2+. The van der Waals surface area contributed by atoms with Crippen LogP contribution in [-0.2, 0) is 0 Å². The summed E-state index contributed by atoms with van der Waals surface area (Å²) >= 11 is 5.32. The highest BCUT2D eigenvalue weighted by atomic mass is 35.5. The third-order valence-electron chi connectivity index (χ3n) is 1.62. The largest absolute Gasteiger partial charge is 0.379 e. The van der Waals surface area contributed by atoms with Gasteiger partial charge in [0, 0.05) is 12.1 Å². The molecular weight excluding hydrogens is 189 g/mol. The zero-order chi connectivity index (χ0) is 9.68. The Balaban J connectivity index is 2.66. The van der Waals surface area contributed by atoms with Gasteiger partial charge >= 0.3 is 0 Å². The summed E-state index contributed by atoms with van der Waals surface area (Å²) in [4.78, 5) is 0. The van der Waals surface area contributed by atoms with Crippen LogP contribution in [0.2, 0.25) is 0 Å². The van der Waals surface area contributed by atoms with E-state index in [1.54, 1.807) is 12.1 Å². The molecule has 0 radical (unpaired) electrons. The molecule has 0 saturated heterocycles. The first-order chi connectivity index (χ1) is 6.24. The number of halogens is 2. The Kier molecular flexibility index (Phi) is 3.77. The quantitative estimate of drug-likeness (QED) is 0.788. The second kappa shape index (κ2) is 4.87. The monoisotopic (exact) mass is 199 g/mol. The molecule has 0 bridgehead atoms. The van der Waals surface area contributed by atoms with Gasteiger partial charge in [-0.15, -0.1) is 0 Å². The van der Waals surface area contributed by atoms with Crippen molar-refractivity contribution >= 4 is 17.3 Å². The van der Waals surface area contributed by atoms with Crippen molar-refractivity contribution in [3.63, 3.8) is 0 Å². The summed E-state index contributed by atoms with van der Waals surface area (Å²) in [5.41, 5.74) is 2.82. The van der Waals surface area contributed by atoms with Crippen molar-refractivity contribution in [1.82, 2.24) is 0 Å². The average molecular weight is 200 g/mol. The third kappa shape index (κ3) is 3.07. The fourth-order valence-electron chi connectivity index (χ4n) is 0.977. The minimum Gasteiger partial charge on any atom is -0.379 e. The molecule has 1 nitrogen and oxygen atoms in total. The van der Waals surface area contributed by atoms with Crippen molar-refractivity contribution < 1.29 is 4.39 Å². The Labute approximate surface area is 82.2 Å². The van der Waals surface area contributed by atoms with E-state index in [4.69, 9.17) is 11.6 Å². The molecule has 1 aromatic rings. The van der Waals surface area contributed by atoms with Gasteiger partial charge in [0.1, 0.15) is 5.82 Å². The van der Waals surface area contributed by atoms with E-state index in [0.717, 1.165) is 5.56 Å². The molecule has 0 heterocycles. The molecule has 3 heteroatoms. The number of benzene rings is 1. The molecule has 1 aromatic carbocycles. The summed E-state index contributed by atoms with van der Waals surface area (Å²) in [6.45, 7) is 2.38. The molecule has 13 heavy (non-hydrogen) atoms. The number of hydrogen-bond acceptors (Lipinski definition) is 1. The summed E-state index contributed by atoms with van der Waals surface area (Å²) in [5, 5.41) is 2.89. The average Bonchev–Trinajstić information content (AvgIpc) is 2.09. The van der Waals surface area contributed by atoms with Gasteiger partial charge in [0.15, 0.2) is 0 Å². The highest BCUT2D eigenvalue weighted by Crippen LogP contribution is 2.14. The van der Waals surface area contributed by atoms with Crippen LogP contribution < -0.4 is 5.32 Å². The summed E-state index contributed by atoms with van der Waals surface area (Å²) in [5.74, 6) is -0.233. The maximum absolute atomic E-state index is 13.2. The van der Waals surface area contributed by atoms with E-state index >= 15 is 0 Å². The highest BCUT2D eigenvalue weighted by Gasteiger charge is 1.98. The molecule has 0 spiro atoms. The fraction of sp³-hybridized carbons (Fsp3) is 0.200. The van der Waals surface area contributed by atoms with Crippen LogP contribution in [0.4, 0.5) is 10.1 Å². The summed E-state index contributed by atoms with van der Waals surface area (Å²) in [6, 6.07) is 5.06. The zero-order valence-corrected chi connectivity index (χ0v) is 8.11. The minimum absolute atomic E-state index is 0.233. The van der Waals surface area contributed by atoms with E-state index in [0.29, 0.717) is 12.2 Å². The van der Waals surface area contributed by atoms with Crippen molar-refractivity contribution in [3.8, 4) is 0 Å². The molecular formula is C10H11ClFN. The van der Waals surface area contributed by atoms with Gasteiger partial charge < -0.3 is 5.32 Å². The lowest BCUT2D eigenvalue weighted by molar-refractivity contribution is 0.629. The second-order valence-electron chi connectivity index (χ2n) is 2.73. The second-order valence-corrected chi connectivity index (χ2v) is 2.98. The van der Waals surface area contributed by atoms with Gasteiger partial charge in [-0.1, -0.05) is 23.7 Å². The predicted molar refractivity (Wildman–Crippen MR) is 54.6 cm³/mol. The Morgan fingerprint density at radius 2 is 2.31 bits per heavy atom. The van der Waals surface area contributed by atoms with Gasteiger partial charge in [-0.3, -0.25) is 0 Å². The lowest BCUT2D eigenvalue weighted by Crippen LogP contribution is -2.00. The zero-order valence-electron chi connectivity index (χ0n) is 7.35. The Morgan fingerprint density at radius 3 is 2.92 bits per heavy atom. The molecule has 1 rings (SSSR count). The number of nitrogens with one attached hydrogen (secondary N) is 1. The maximum atomic E-state index is 13.2. The molecule has 0 unspecified atom stereocenters. The van der Waals surface area contributed by atoms with Gasteiger partial charge in [0.25, 0.3) is 0 Å². The van der Waals surface area contributed by atoms with Crippen LogP contribution >= 0.6 is 11.6 Å². The van der Waals surface area contributed by atoms with E-state index in [9.17, 15) is 4.39 Å². The van der Waals surface area contributed by atoms with E-state index in [-0.39, 0.29) is 5.82 Å². The molecule has 0 amide bonds. The fourth-order valence-corrected chi connectivity index (χ4v) is 1.07. The predicted octanol–water partition coefficient (Wildman–Crippen LogP) is 3.30. The van der Waals surface area contributed by atoms with E-state index in [1.807, 2.05) is 13.0 Å². The SMILES string of the molecule is Cc1ccc(NC/C=C/Cl)c(F)c1. The van der Waals surface area contributed by atoms with Crippen molar-refractivity contribution in [3.05, 3.63) is 41.2 Å². The Morgan fingerprint density at radius 1 is 1.54 bits per heavy atom. The molecule has 0 aromatic heterocycles. The molecule has 0 aliphatic heterocycles. The van der Waals surface area contributed by atoms with Crippen LogP contribution in [0.5, 0.6) is 0 Å². The smallest absolute Gasteiger partial charge is 0.146 e. The maximum Gasteiger partial charge on any atom is 0.146 e. The molecule has 0 aliphatic carbocycles. The highest BCUT2D eigenvalue weighted by molar-refractivity contribution is 6.25. The first-order valence-corrected chi connectivity index (χ1v) is 4.43. The van der Waals surface area contributed by atoms with Gasteiger partial charge in [-0.05, 0) is 24.6 Å². The van der Waals surface area contributed by atoms with Gasteiger partial charge in [-0.25, -0.2) is 4.39 Å². The molecule has 1 N–H and O–H groups in total. The lowest BCUT2D eigenvalue weighted by Gasteiger charge is -2.04. The molecule has 0 fully saturated rings. The molecule has 0 aliphatic rings. The first-order valence-electron chi connectivity index (χ1n) is 3.99. The van der Waals surface area contributed by atoms with Crippen LogP contribution in [0.25, 0.3) is 0 Å². The van der Waals surface area contributed by atoms with E-state index < -0.39 is 0 Å².